The van der Waals surface area contributed by atoms with Gasteiger partial charge in [0.1, 0.15) is 5.75 Å². The first kappa shape index (κ1) is 18.7. The molecule has 5 heteroatoms. The van der Waals surface area contributed by atoms with Crippen LogP contribution in [0.5, 0.6) is 5.75 Å². The van der Waals surface area contributed by atoms with Gasteiger partial charge in [-0.1, -0.05) is 32.9 Å². The Hall–Kier alpha value is -1.36. The van der Waals surface area contributed by atoms with Crippen molar-refractivity contribution >= 4 is 17.7 Å². The molecule has 0 saturated carbocycles. The van der Waals surface area contributed by atoms with E-state index in [1.54, 1.807) is 18.9 Å². The van der Waals surface area contributed by atoms with Crippen molar-refractivity contribution in [3.63, 3.8) is 0 Å². The molecule has 0 radical (unpaired) electrons. The second-order valence-corrected chi connectivity index (χ2v) is 6.96. The molecule has 0 amide bonds. The summed E-state index contributed by atoms with van der Waals surface area (Å²) < 4.78 is 5.36. The molecule has 22 heavy (non-hydrogen) atoms. The molecule has 124 valence electrons. The summed E-state index contributed by atoms with van der Waals surface area (Å²) in [5, 5.41) is 3.16. The van der Waals surface area contributed by atoms with E-state index in [1.807, 2.05) is 18.2 Å². The van der Waals surface area contributed by atoms with Crippen LogP contribution in [-0.2, 0) is 0 Å². The first-order valence-electron chi connectivity index (χ1n) is 7.82. The van der Waals surface area contributed by atoms with Crippen molar-refractivity contribution in [2.24, 2.45) is 22.6 Å². The number of thioether (sulfide) groups is 1. The first-order chi connectivity index (χ1) is 10.5. The summed E-state index contributed by atoms with van der Waals surface area (Å²) >= 11 is 1.80. The van der Waals surface area contributed by atoms with Crippen molar-refractivity contribution in [2.75, 3.05) is 26.0 Å². The highest BCUT2D eigenvalue weighted by Gasteiger charge is 2.06. The van der Waals surface area contributed by atoms with Gasteiger partial charge in [-0.3, -0.25) is 4.99 Å². The Kier molecular flexibility index (Phi) is 8.82. The van der Waals surface area contributed by atoms with Crippen LogP contribution in [0.2, 0.25) is 0 Å². The van der Waals surface area contributed by atoms with E-state index < -0.39 is 0 Å². The van der Waals surface area contributed by atoms with Gasteiger partial charge in [0.05, 0.1) is 7.11 Å². The SMILES string of the molecule is COc1ccccc1SCC(C)CN=C(N)NCCC(C)C. The number of aliphatic imine (C=N–C) groups is 1. The van der Waals surface area contributed by atoms with Gasteiger partial charge in [0.15, 0.2) is 5.96 Å². The number of nitrogens with zero attached hydrogens (tertiary/aromatic N) is 1. The van der Waals surface area contributed by atoms with E-state index in [1.165, 1.54) is 4.90 Å². The summed E-state index contributed by atoms with van der Waals surface area (Å²) in [5.74, 6) is 3.60. The topological polar surface area (TPSA) is 59.6 Å². The third-order valence-electron chi connectivity index (χ3n) is 3.19. The Morgan fingerprint density at radius 3 is 2.73 bits per heavy atom. The quantitative estimate of drug-likeness (QED) is 0.415. The largest absolute Gasteiger partial charge is 0.496 e. The summed E-state index contributed by atoms with van der Waals surface area (Å²) in [7, 11) is 1.71. The molecule has 4 nitrogen and oxygen atoms in total. The predicted molar refractivity (Wildman–Crippen MR) is 96.8 cm³/mol. The Morgan fingerprint density at radius 2 is 2.05 bits per heavy atom. The third kappa shape index (κ3) is 7.59. The van der Waals surface area contributed by atoms with Gasteiger partial charge < -0.3 is 15.8 Å². The first-order valence-corrected chi connectivity index (χ1v) is 8.81. The molecular formula is C17H29N3OS. The maximum absolute atomic E-state index is 5.87. The number of ether oxygens (including phenoxy) is 1. The lowest BCUT2D eigenvalue weighted by Gasteiger charge is -2.12. The van der Waals surface area contributed by atoms with E-state index in [2.05, 4.69) is 37.1 Å². The molecule has 1 aromatic carbocycles. The van der Waals surface area contributed by atoms with E-state index in [0.717, 1.165) is 31.0 Å². The Morgan fingerprint density at radius 1 is 1.32 bits per heavy atom. The highest BCUT2D eigenvalue weighted by Crippen LogP contribution is 2.29. The number of guanidine groups is 1. The lowest BCUT2D eigenvalue weighted by Crippen LogP contribution is -2.33. The Balaban J connectivity index is 2.32. The second kappa shape index (κ2) is 10.4. The van der Waals surface area contributed by atoms with Crippen LogP contribution in [0.1, 0.15) is 27.2 Å². The molecule has 0 aromatic heterocycles. The molecule has 0 heterocycles. The molecule has 1 unspecified atom stereocenters. The van der Waals surface area contributed by atoms with Gasteiger partial charge in [-0.15, -0.1) is 11.8 Å². The fraction of sp³-hybridized carbons (Fsp3) is 0.588. The van der Waals surface area contributed by atoms with Crippen LogP contribution in [0.25, 0.3) is 0 Å². The molecule has 0 aliphatic rings. The van der Waals surface area contributed by atoms with Crippen molar-refractivity contribution in [1.82, 2.24) is 5.32 Å². The van der Waals surface area contributed by atoms with Gasteiger partial charge in [-0.25, -0.2) is 0 Å². The number of hydrogen-bond acceptors (Lipinski definition) is 3. The van der Waals surface area contributed by atoms with Crippen LogP contribution in [0, 0.1) is 11.8 Å². The average molecular weight is 324 g/mol. The normalized spacial score (nSPS) is 13.2. The smallest absolute Gasteiger partial charge is 0.188 e. The molecule has 0 bridgehead atoms. The van der Waals surface area contributed by atoms with Crippen molar-refractivity contribution < 1.29 is 4.74 Å². The zero-order chi connectivity index (χ0) is 16.4. The molecule has 0 fully saturated rings. The molecule has 0 spiro atoms. The highest BCUT2D eigenvalue weighted by atomic mass is 32.2. The summed E-state index contributed by atoms with van der Waals surface area (Å²) in [4.78, 5) is 5.58. The van der Waals surface area contributed by atoms with Crippen LogP contribution in [0.4, 0.5) is 0 Å². The third-order valence-corrected chi connectivity index (χ3v) is 4.58. The zero-order valence-corrected chi connectivity index (χ0v) is 15.0. The monoisotopic (exact) mass is 323 g/mol. The Bertz CT molecular complexity index is 463. The lowest BCUT2D eigenvalue weighted by molar-refractivity contribution is 0.405. The minimum atomic E-state index is 0.459. The van der Waals surface area contributed by atoms with Crippen molar-refractivity contribution in [3.8, 4) is 5.75 Å². The predicted octanol–water partition coefficient (Wildman–Crippen LogP) is 3.37. The van der Waals surface area contributed by atoms with Crippen LogP contribution in [0.15, 0.2) is 34.2 Å². The molecule has 1 aromatic rings. The van der Waals surface area contributed by atoms with Crippen LogP contribution >= 0.6 is 11.8 Å². The summed E-state index contributed by atoms with van der Waals surface area (Å²) in [5.41, 5.74) is 5.87. The molecule has 1 atom stereocenters. The standard InChI is InChI=1S/C17H29N3OS/c1-13(2)9-10-19-17(18)20-11-14(3)12-22-16-8-6-5-7-15(16)21-4/h5-8,13-14H,9-12H2,1-4H3,(H3,18,19,20). The van der Waals surface area contributed by atoms with Crippen LogP contribution < -0.4 is 15.8 Å². The molecular weight excluding hydrogens is 294 g/mol. The van der Waals surface area contributed by atoms with Gasteiger partial charge in [0.2, 0.25) is 0 Å². The minimum absolute atomic E-state index is 0.459. The van der Waals surface area contributed by atoms with E-state index in [9.17, 15) is 0 Å². The molecule has 3 N–H and O–H groups in total. The second-order valence-electron chi connectivity index (χ2n) is 5.90. The molecule has 0 saturated heterocycles. The molecule has 1 rings (SSSR count). The zero-order valence-electron chi connectivity index (χ0n) is 14.1. The van der Waals surface area contributed by atoms with Crippen LogP contribution in [-0.4, -0.2) is 31.9 Å². The number of hydrogen-bond donors (Lipinski definition) is 2. The van der Waals surface area contributed by atoms with Crippen LogP contribution in [0.3, 0.4) is 0 Å². The highest BCUT2D eigenvalue weighted by molar-refractivity contribution is 7.99. The van der Waals surface area contributed by atoms with Crippen molar-refractivity contribution in [1.29, 1.82) is 0 Å². The maximum Gasteiger partial charge on any atom is 0.188 e. The van der Waals surface area contributed by atoms with E-state index in [0.29, 0.717) is 17.8 Å². The maximum atomic E-state index is 5.87. The summed E-state index contributed by atoms with van der Waals surface area (Å²) in [6.45, 7) is 8.21. The fourth-order valence-corrected chi connectivity index (χ4v) is 2.86. The van der Waals surface area contributed by atoms with Crippen molar-refractivity contribution in [2.45, 2.75) is 32.1 Å². The molecule has 0 aliphatic heterocycles. The number of methoxy groups -OCH3 is 1. The van der Waals surface area contributed by atoms with E-state index in [4.69, 9.17) is 10.5 Å². The van der Waals surface area contributed by atoms with Crippen molar-refractivity contribution in [3.05, 3.63) is 24.3 Å². The van der Waals surface area contributed by atoms with E-state index in [-0.39, 0.29) is 0 Å². The van der Waals surface area contributed by atoms with Gasteiger partial charge in [0, 0.05) is 23.7 Å². The minimum Gasteiger partial charge on any atom is -0.496 e. The lowest BCUT2D eigenvalue weighted by atomic mass is 10.1. The number of nitrogens with one attached hydrogen (secondary N) is 1. The molecule has 0 aliphatic carbocycles. The van der Waals surface area contributed by atoms with Gasteiger partial charge in [-0.2, -0.15) is 0 Å². The van der Waals surface area contributed by atoms with E-state index >= 15 is 0 Å². The number of rotatable bonds is 9. The van der Waals surface area contributed by atoms with Gasteiger partial charge in [0.25, 0.3) is 0 Å². The Labute approximate surface area is 138 Å². The summed E-state index contributed by atoms with van der Waals surface area (Å²) in [6, 6.07) is 8.09. The fourth-order valence-electron chi connectivity index (χ4n) is 1.82. The number of nitrogens with two attached hydrogens (primary N) is 1. The average Bonchev–Trinajstić information content (AvgIpc) is 2.50. The number of para-hydroxylation sites is 1. The number of benzene rings is 1. The van der Waals surface area contributed by atoms with Gasteiger partial charge >= 0.3 is 0 Å². The summed E-state index contributed by atoms with van der Waals surface area (Å²) in [6.07, 6.45) is 1.11. The van der Waals surface area contributed by atoms with Gasteiger partial charge in [-0.05, 0) is 30.4 Å².